The summed E-state index contributed by atoms with van der Waals surface area (Å²) in [5.74, 6) is -0.0362. The Morgan fingerprint density at radius 3 is 2.28 bits per heavy atom. The molecule has 3 aliphatic rings. The van der Waals surface area contributed by atoms with Crippen molar-refractivity contribution in [1.29, 1.82) is 0 Å². The van der Waals surface area contributed by atoms with Crippen LogP contribution in [-0.4, -0.2) is 24.2 Å². The van der Waals surface area contributed by atoms with Crippen LogP contribution in [0, 0.1) is 5.92 Å². The number of ketones is 1. The number of hydrogen-bond acceptors (Lipinski definition) is 4. The van der Waals surface area contributed by atoms with Crippen LogP contribution in [0.5, 0.6) is 0 Å². The van der Waals surface area contributed by atoms with E-state index in [2.05, 4.69) is 16.1 Å². The summed E-state index contributed by atoms with van der Waals surface area (Å²) in [7, 11) is -4.12. The predicted molar refractivity (Wildman–Crippen MR) is 108 cm³/mol. The lowest BCUT2D eigenvalue weighted by molar-refractivity contribution is 0.0968. The zero-order valence-corrected chi connectivity index (χ0v) is 16.8. The van der Waals surface area contributed by atoms with Gasteiger partial charge >= 0.3 is 16.2 Å². The van der Waals surface area contributed by atoms with E-state index in [0.29, 0.717) is 5.56 Å². The van der Waals surface area contributed by atoms with Gasteiger partial charge in [0.2, 0.25) is 0 Å². The number of aromatic nitrogens is 1. The Labute approximate surface area is 169 Å². The molecule has 0 radical (unpaired) electrons. The molecule has 1 aromatic carbocycles. The first-order valence-corrected chi connectivity index (χ1v) is 11.6. The number of rotatable bonds is 5. The lowest BCUT2D eigenvalue weighted by Crippen LogP contribution is -2.38. The molecule has 0 atom stereocenters. The Bertz CT molecular complexity index is 1100. The third kappa shape index (κ3) is 3.35. The van der Waals surface area contributed by atoms with Gasteiger partial charge < -0.3 is 5.32 Å². The van der Waals surface area contributed by atoms with Crippen LogP contribution in [0.2, 0.25) is 0 Å². The second-order valence-corrected chi connectivity index (χ2v) is 9.74. The average Bonchev–Trinajstić information content (AvgIpc) is 3.09. The van der Waals surface area contributed by atoms with Crippen molar-refractivity contribution >= 4 is 27.7 Å². The van der Waals surface area contributed by atoms with Crippen LogP contribution in [-0.2, 0) is 35.9 Å². The molecule has 0 bridgehead atoms. The van der Waals surface area contributed by atoms with Crippen LogP contribution >= 0.6 is 0 Å². The fourth-order valence-electron chi connectivity index (χ4n) is 4.53. The van der Waals surface area contributed by atoms with E-state index in [1.165, 1.54) is 29.6 Å². The standard InChI is InChI=1S/C21H23N3O4S/c25-20(13-7-8-13)16-9-10-24(12-16)29(27,28)23-21(26)22-19-17-5-1-3-14(17)11-15-4-2-6-18(15)19/h9-13H,1-8H2,(H2,22,23,26). The highest BCUT2D eigenvalue weighted by atomic mass is 32.2. The van der Waals surface area contributed by atoms with Crippen LogP contribution in [0.15, 0.2) is 24.5 Å². The molecular weight excluding hydrogens is 390 g/mol. The quantitative estimate of drug-likeness (QED) is 0.737. The highest BCUT2D eigenvalue weighted by Gasteiger charge is 2.31. The molecule has 1 aromatic heterocycles. The number of nitrogens with zero attached hydrogens (tertiary/aromatic N) is 1. The fourth-order valence-corrected chi connectivity index (χ4v) is 5.39. The second-order valence-electron chi connectivity index (χ2n) is 8.16. The molecule has 0 aliphatic heterocycles. The van der Waals surface area contributed by atoms with Crippen molar-refractivity contribution in [2.24, 2.45) is 5.92 Å². The summed E-state index contributed by atoms with van der Waals surface area (Å²) in [5.41, 5.74) is 5.94. The first-order valence-electron chi connectivity index (χ1n) is 10.2. The van der Waals surface area contributed by atoms with Gasteiger partial charge in [0.05, 0.1) is 0 Å². The topological polar surface area (TPSA) is 97.3 Å². The summed E-state index contributed by atoms with van der Waals surface area (Å²) in [5, 5.41) is 2.82. The van der Waals surface area contributed by atoms with Gasteiger partial charge in [-0.2, -0.15) is 8.42 Å². The predicted octanol–water partition coefficient (Wildman–Crippen LogP) is 2.97. The highest BCUT2D eigenvalue weighted by molar-refractivity contribution is 7.88. The van der Waals surface area contributed by atoms with Gasteiger partial charge in [0.25, 0.3) is 0 Å². The van der Waals surface area contributed by atoms with Crippen molar-refractivity contribution in [3.8, 4) is 0 Å². The number of hydrogen-bond donors (Lipinski definition) is 2. The summed E-state index contributed by atoms with van der Waals surface area (Å²) >= 11 is 0. The number of anilines is 1. The molecule has 8 heteroatoms. The molecule has 29 heavy (non-hydrogen) atoms. The van der Waals surface area contributed by atoms with E-state index in [1.54, 1.807) is 0 Å². The number of fused-ring (bicyclic) bond motifs is 2. The van der Waals surface area contributed by atoms with Crippen molar-refractivity contribution in [3.63, 3.8) is 0 Å². The Kier molecular flexibility index (Phi) is 4.27. The first-order chi connectivity index (χ1) is 13.9. The normalized spacial score (nSPS) is 17.7. The van der Waals surface area contributed by atoms with E-state index < -0.39 is 16.2 Å². The smallest absolute Gasteiger partial charge is 0.307 e. The molecule has 2 N–H and O–H groups in total. The average molecular weight is 413 g/mol. The zero-order valence-electron chi connectivity index (χ0n) is 16.0. The number of carbonyl (C=O) groups is 2. The molecule has 7 nitrogen and oxygen atoms in total. The van der Waals surface area contributed by atoms with Gasteiger partial charge in [-0.25, -0.2) is 13.5 Å². The van der Waals surface area contributed by atoms with Crippen molar-refractivity contribution in [2.45, 2.75) is 51.4 Å². The van der Waals surface area contributed by atoms with Crippen molar-refractivity contribution < 1.29 is 18.0 Å². The summed E-state index contributed by atoms with van der Waals surface area (Å²) in [6.45, 7) is 0. The van der Waals surface area contributed by atoms with Crippen molar-refractivity contribution in [3.05, 3.63) is 52.3 Å². The third-order valence-electron chi connectivity index (χ3n) is 6.11. The van der Waals surface area contributed by atoms with Crippen molar-refractivity contribution in [1.82, 2.24) is 8.69 Å². The van der Waals surface area contributed by atoms with Crippen LogP contribution in [0.4, 0.5) is 10.5 Å². The van der Waals surface area contributed by atoms with E-state index >= 15 is 0 Å². The Morgan fingerprint density at radius 2 is 1.66 bits per heavy atom. The van der Waals surface area contributed by atoms with Gasteiger partial charge in [0.1, 0.15) is 0 Å². The molecule has 152 valence electrons. The molecular formula is C21H23N3O4S. The lowest BCUT2D eigenvalue weighted by Gasteiger charge is -2.16. The Hall–Kier alpha value is -2.61. The zero-order chi connectivity index (χ0) is 20.2. The molecule has 2 amide bonds. The summed E-state index contributed by atoms with van der Waals surface area (Å²) in [6.07, 6.45) is 10.2. The maximum absolute atomic E-state index is 12.6. The molecule has 0 unspecified atom stereocenters. The van der Waals surface area contributed by atoms with Crippen LogP contribution in [0.3, 0.4) is 0 Å². The number of benzene rings is 1. The van der Waals surface area contributed by atoms with E-state index in [-0.39, 0.29) is 11.7 Å². The number of aryl methyl sites for hydroxylation is 2. The first kappa shape index (κ1) is 18.4. The SMILES string of the molecule is O=C(Nc1c2c(cc3c1CCC3)CCC2)NS(=O)(=O)n1ccc(C(=O)C2CC2)c1. The molecule has 3 aliphatic carbocycles. The van der Waals surface area contributed by atoms with Gasteiger partial charge in [0, 0.05) is 29.6 Å². The molecule has 2 aromatic rings. The number of amides is 2. The summed E-state index contributed by atoms with van der Waals surface area (Å²) in [4.78, 5) is 24.7. The van der Waals surface area contributed by atoms with E-state index in [1.807, 2.05) is 0 Å². The lowest BCUT2D eigenvalue weighted by atomic mass is 9.99. The van der Waals surface area contributed by atoms with Gasteiger partial charge in [-0.05, 0) is 79.7 Å². The van der Waals surface area contributed by atoms with Gasteiger partial charge in [-0.1, -0.05) is 6.07 Å². The van der Waals surface area contributed by atoms with E-state index in [0.717, 1.165) is 72.2 Å². The number of nitrogens with one attached hydrogen (secondary N) is 2. The Balaban J connectivity index is 1.35. The molecule has 1 saturated carbocycles. The largest absolute Gasteiger partial charge is 0.334 e. The van der Waals surface area contributed by atoms with Gasteiger partial charge in [0.15, 0.2) is 5.78 Å². The molecule has 0 spiro atoms. The van der Waals surface area contributed by atoms with Crippen molar-refractivity contribution in [2.75, 3.05) is 5.32 Å². The number of carbonyl (C=O) groups excluding carboxylic acids is 2. The van der Waals surface area contributed by atoms with Crippen LogP contribution in [0.1, 0.15) is 58.3 Å². The minimum absolute atomic E-state index is 0.00656. The second kappa shape index (κ2) is 6.73. The number of Topliss-reactive ketones (excluding diaryl/α,β-unsaturated/α-hetero) is 1. The van der Waals surface area contributed by atoms with Gasteiger partial charge in [-0.15, -0.1) is 0 Å². The van der Waals surface area contributed by atoms with Crippen LogP contribution < -0.4 is 10.0 Å². The summed E-state index contributed by atoms with van der Waals surface area (Å²) in [6, 6.07) is 2.96. The molecule has 1 heterocycles. The Morgan fingerprint density at radius 1 is 1.00 bits per heavy atom. The van der Waals surface area contributed by atoms with Gasteiger partial charge in [-0.3, -0.25) is 4.79 Å². The maximum Gasteiger partial charge on any atom is 0.334 e. The van der Waals surface area contributed by atoms with E-state index in [4.69, 9.17) is 0 Å². The highest BCUT2D eigenvalue weighted by Crippen LogP contribution is 2.38. The monoisotopic (exact) mass is 413 g/mol. The maximum atomic E-state index is 12.6. The molecule has 0 saturated heterocycles. The molecule has 5 rings (SSSR count). The third-order valence-corrected chi connectivity index (χ3v) is 7.34. The molecule has 1 fully saturated rings. The minimum atomic E-state index is -4.12. The number of urea groups is 1. The summed E-state index contributed by atoms with van der Waals surface area (Å²) < 4.78 is 28.2. The fraction of sp³-hybridized carbons (Fsp3) is 0.429. The van der Waals surface area contributed by atoms with Crippen LogP contribution in [0.25, 0.3) is 0 Å². The minimum Gasteiger partial charge on any atom is -0.307 e. The van der Waals surface area contributed by atoms with E-state index in [9.17, 15) is 18.0 Å².